The monoisotopic (exact) mass is 281 g/mol. The van der Waals surface area contributed by atoms with Crippen molar-refractivity contribution in [2.24, 2.45) is 17.4 Å². The predicted molar refractivity (Wildman–Crippen MR) is 78.4 cm³/mol. The Morgan fingerprint density at radius 3 is 2.74 bits per heavy atom. The van der Waals surface area contributed by atoms with Crippen LogP contribution in [0.5, 0.6) is 0 Å². The number of carbonyl (C=O) groups excluding carboxylic acids is 1. The van der Waals surface area contributed by atoms with E-state index in [-0.39, 0.29) is 0 Å². The zero-order valence-corrected chi connectivity index (χ0v) is 11.6. The van der Waals surface area contributed by atoms with Crippen LogP contribution in [0.1, 0.15) is 36.0 Å². The van der Waals surface area contributed by atoms with Gasteiger partial charge in [0.05, 0.1) is 10.7 Å². The molecule has 0 heterocycles. The molecule has 1 amide bonds. The highest BCUT2D eigenvalue weighted by molar-refractivity contribution is 6.33. The molecule has 0 spiro atoms. The quantitative estimate of drug-likeness (QED) is 0.792. The van der Waals surface area contributed by atoms with E-state index in [1.54, 1.807) is 12.1 Å². The van der Waals surface area contributed by atoms with Crippen LogP contribution in [-0.4, -0.2) is 18.5 Å². The minimum absolute atomic E-state index is 0.357. The molecule has 1 aliphatic carbocycles. The Balaban J connectivity index is 2.11. The highest BCUT2D eigenvalue weighted by Gasteiger charge is 2.24. The zero-order valence-electron chi connectivity index (χ0n) is 10.9. The molecule has 5 N–H and O–H groups in total. The van der Waals surface area contributed by atoms with Gasteiger partial charge in [-0.3, -0.25) is 4.79 Å². The third-order valence-corrected chi connectivity index (χ3v) is 4.12. The Morgan fingerprint density at radius 1 is 1.37 bits per heavy atom. The molecule has 1 aromatic carbocycles. The van der Waals surface area contributed by atoms with Crippen molar-refractivity contribution in [1.82, 2.24) is 0 Å². The smallest absolute Gasteiger partial charge is 0.248 e. The standard InChI is InChI=1S/C14H20ClN3O/c15-11-7-9(14(17)19)5-6-13(11)18-12-4-2-1-3-10(12)8-16/h5-7,10,12,18H,1-4,8,16H2,(H2,17,19). The molecule has 0 radical (unpaired) electrons. The van der Waals surface area contributed by atoms with Crippen molar-refractivity contribution in [3.8, 4) is 0 Å². The minimum atomic E-state index is -0.467. The average molecular weight is 282 g/mol. The Bertz CT molecular complexity index is 464. The number of rotatable bonds is 4. The van der Waals surface area contributed by atoms with E-state index in [0.29, 0.717) is 29.1 Å². The molecule has 1 fully saturated rings. The van der Waals surface area contributed by atoms with E-state index in [2.05, 4.69) is 5.32 Å². The van der Waals surface area contributed by atoms with Crippen molar-refractivity contribution >= 4 is 23.2 Å². The molecule has 104 valence electrons. The van der Waals surface area contributed by atoms with Gasteiger partial charge in [0.1, 0.15) is 0 Å². The third-order valence-electron chi connectivity index (χ3n) is 3.81. The van der Waals surface area contributed by atoms with Gasteiger partial charge in [-0.2, -0.15) is 0 Å². The van der Waals surface area contributed by atoms with Gasteiger partial charge in [-0.15, -0.1) is 0 Å². The Labute approximate surface area is 118 Å². The summed E-state index contributed by atoms with van der Waals surface area (Å²) >= 11 is 6.18. The summed E-state index contributed by atoms with van der Waals surface area (Å²) < 4.78 is 0. The first-order valence-electron chi connectivity index (χ1n) is 6.67. The summed E-state index contributed by atoms with van der Waals surface area (Å²) in [4.78, 5) is 11.1. The molecule has 0 aromatic heterocycles. The molecule has 2 unspecified atom stereocenters. The number of benzene rings is 1. The van der Waals surface area contributed by atoms with E-state index in [1.807, 2.05) is 6.07 Å². The number of amides is 1. The van der Waals surface area contributed by atoms with Crippen LogP contribution >= 0.6 is 11.6 Å². The number of primary amides is 1. The molecule has 0 bridgehead atoms. The first-order valence-corrected chi connectivity index (χ1v) is 7.05. The number of carbonyl (C=O) groups is 1. The van der Waals surface area contributed by atoms with Crippen molar-refractivity contribution in [2.75, 3.05) is 11.9 Å². The van der Waals surface area contributed by atoms with Crippen LogP contribution in [0.15, 0.2) is 18.2 Å². The second-order valence-corrected chi connectivity index (χ2v) is 5.50. The number of anilines is 1. The molecule has 2 rings (SSSR count). The maximum absolute atomic E-state index is 11.1. The number of nitrogens with one attached hydrogen (secondary N) is 1. The van der Waals surface area contributed by atoms with Gasteiger partial charge in [-0.25, -0.2) is 0 Å². The highest BCUT2D eigenvalue weighted by atomic mass is 35.5. The average Bonchev–Trinajstić information content (AvgIpc) is 2.41. The molecule has 0 saturated heterocycles. The van der Waals surface area contributed by atoms with E-state index in [4.69, 9.17) is 23.1 Å². The maximum Gasteiger partial charge on any atom is 0.248 e. The lowest BCUT2D eigenvalue weighted by atomic mass is 9.84. The summed E-state index contributed by atoms with van der Waals surface area (Å²) in [6, 6.07) is 5.46. The fourth-order valence-electron chi connectivity index (χ4n) is 2.66. The van der Waals surface area contributed by atoms with Crippen LogP contribution < -0.4 is 16.8 Å². The van der Waals surface area contributed by atoms with Crippen LogP contribution in [0.3, 0.4) is 0 Å². The van der Waals surface area contributed by atoms with E-state index in [0.717, 1.165) is 18.5 Å². The van der Waals surface area contributed by atoms with Gasteiger partial charge in [-0.1, -0.05) is 24.4 Å². The Hall–Kier alpha value is -1.26. The van der Waals surface area contributed by atoms with Crippen LogP contribution in [-0.2, 0) is 0 Å². The Morgan fingerprint density at radius 2 is 2.11 bits per heavy atom. The summed E-state index contributed by atoms with van der Waals surface area (Å²) in [5, 5.41) is 3.98. The fourth-order valence-corrected chi connectivity index (χ4v) is 2.90. The van der Waals surface area contributed by atoms with Gasteiger partial charge in [0.2, 0.25) is 5.91 Å². The molecule has 5 heteroatoms. The Kier molecular flexibility index (Phi) is 4.66. The van der Waals surface area contributed by atoms with Crippen LogP contribution in [0.2, 0.25) is 5.02 Å². The second kappa shape index (κ2) is 6.26. The lowest BCUT2D eigenvalue weighted by molar-refractivity contribution is 0.100. The predicted octanol–water partition coefficient (Wildman–Crippen LogP) is 2.37. The van der Waals surface area contributed by atoms with Gasteiger partial charge in [0.15, 0.2) is 0 Å². The van der Waals surface area contributed by atoms with E-state index < -0.39 is 5.91 Å². The van der Waals surface area contributed by atoms with Crippen molar-refractivity contribution in [3.63, 3.8) is 0 Å². The molecule has 1 saturated carbocycles. The summed E-state index contributed by atoms with van der Waals surface area (Å²) in [6.45, 7) is 0.689. The summed E-state index contributed by atoms with van der Waals surface area (Å²) in [5.74, 6) is 0.0200. The van der Waals surface area contributed by atoms with Gasteiger partial charge >= 0.3 is 0 Å². The molecule has 19 heavy (non-hydrogen) atoms. The van der Waals surface area contributed by atoms with Crippen molar-refractivity contribution in [1.29, 1.82) is 0 Å². The largest absolute Gasteiger partial charge is 0.381 e. The molecular formula is C14H20ClN3O. The minimum Gasteiger partial charge on any atom is -0.381 e. The molecule has 1 aromatic rings. The van der Waals surface area contributed by atoms with Crippen molar-refractivity contribution in [2.45, 2.75) is 31.7 Å². The molecule has 4 nitrogen and oxygen atoms in total. The summed E-state index contributed by atoms with van der Waals surface area (Å²) in [5.41, 5.74) is 12.3. The number of halogens is 1. The van der Waals surface area contributed by atoms with Crippen LogP contribution in [0.4, 0.5) is 5.69 Å². The van der Waals surface area contributed by atoms with E-state index in [1.165, 1.54) is 12.8 Å². The van der Waals surface area contributed by atoms with Gasteiger partial charge < -0.3 is 16.8 Å². The van der Waals surface area contributed by atoms with Gasteiger partial charge in [0, 0.05) is 11.6 Å². The molecular weight excluding hydrogens is 262 g/mol. The lowest BCUT2D eigenvalue weighted by Gasteiger charge is -2.32. The molecule has 2 atom stereocenters. The second-order valence-electron chi connectivity index (χ2n) is 5.09. The third kappa shape index (κ3) is 3.39. The summed E-state index contributed by atoms with van der Waals surface area (Å²) in [6.07, 6.45) is 4.72. The topological polar surface area (TPSA) is 81.1 Å². The SMILES string of the molecule is NCC1CCCCC1Nc1ccc(C(N)=O)cc1Cl. The number of nitrogens with two attached hydrogens (primary N) is 2. The number of hydrogen-bond acceptors (Lipinski definition) is 3. The van der Waals surface area contributed by atoms with Gasteiger partial charge in [-0.05, 0) is 43.5 Å². The van der Waals surface area contributed by atoms with E-state index in [9.17, 15) is 4.79 Å². The van der Waals surface area contributed by atoms with Crippen LogP contribution in [0, 0.1) is 5.92 Å². The first-order chi connectivity index (χ1) is 9.11. The fraction of sp³-hybridized carbons (Fsp3) is 0.500. The highest BCUT2D eigenvalue weighted by Crippen LogP contribution is 2.30. The number of hydrogen-bond donors (Lipinski definition) is 3. The zero-order chi connectivity index (χ0) is 13.8. The van der Waals surface area contributed by atoms with E-state index >= 15 is 0 Å². The van der Waals surface area contributed by atoms with Crippen molar-refractivity contribution < 1.29 is 4.79 Å². The lowest BCUT2D eigenvalue weighted by Crippen LogP contribution is -2.36. The first kappa shape index (κ1) is 14.2. The maximum atomic E-state index is 11.1. The summed E-state index contributed by atoms with van der Waals surface area (Å²) in [7, 11) is 0. The molecule has 1 aliphatic rings. The normalized spacial score (nSPS) is 23.1. The van der Waals surface area contributed by atoms with Crippen molar-refractivity contribution in [3.05, 3.63) is 28.8 Å². The molecule has 0 aliphatic heterocycles. The van der Waals surface area contributed by atoms with Gasteiger partial charge in [0.25, 0.3) is 0 Å². The van der Waals surface area contributed by atoms with Crippen LogP contribution in [0.25, 0.3) is 0 Å².